The van der Waals surface area contributed by atoms with Gasteiger partial charge in [0.05, 0.1) is 55.8 Å². The number of fused-ring (bicyclic) bond motifs is 6. The fraction of sp³-hybridized carbons (Fsp3) is 0.588. The summed E-state index contributed by atoms with van der Waals surface area (Å²) in [6.45, 7) is 14.8. The molecule has 5 N–H and O–H groups in total. The van der Waals surface area contributed by atoms with Gasteiger partial charge >= 0.3 is 23.9 Å². The number of epoxide rings is 1. The van der Waals surface area contributed by atoms with E-state index in [2.05, 4.69) is 15.6 Å². The summed E-state index contributed by atoms with van der Waals surface area (Å²) >= 11 is 6.89. The molecule has 0 unspecified atom stereocenters. The molecule has 2 saturated heterocycles. The van der Waals surface area contributed by atoms with Gasteiger partial charge in [0.2, 0.25) is 11.8 Å². The highest BCUT2D eigenvalue weighted by molar-refractivity contribution is 6.35. The zero-order valence-electron chi connectivity index (χ0n) is 54.7. The van der Waals surface area contributed by atoms with E-state index in [4.69, 9.17) is 45.8 Å². The lowest BCUT2D eigenvalue weighted by atomic mass is 9.78. The van der Waals surface area contributed by atoms with Crippen molar-refractivity contribution in [2.24, 2.45) is 29.4 Å². The van der Waals surface area contributed by atoms with Crippen LogP contribution in [-0.4, -0.2) is 157 Å². The Hall–Kier alpha value is -7.27. The molecule has 23 heteroatoms. The largest absolute Gasteiger partial charge is 0.495 e. The number of hydrogen-bond acceptors (Lipinski definition) is 17. The smallest absolute Gasteiger partial charge is 0.328 e. The maximum absolute atomic E-state index is 14.7. The van der Waals surface area contributed by atoms with Gasteiger partial charge in [0.1, 0.15) is 52.1 Å². The summed E-state index contributed by atoms with van der Waals surface area (Å²) in [5.41, 5.74) is 5.15. The molecule has 1 aromatic heterocycles. The second-order valence-electron chi connectivity index (χ2n) is 25.0. The number of likely N-dealkylation sites (N-methyl/N-ethyl adjacent to an activating group) is 1. The summed E-state index contributed by atoms with van der Waals surface area (Å²) in [5, 5.41) is 18.0. The van der Waals surface area contributed by atoms with E-state index in [1.54, 1.807) is 63.4 Å². The number of carbonyl (C=O) groups excluding carboxylic acids is 9. The minimum Gasteiger partial charge on any atom is -0.495 e. The van der Waals surface area contributed by atoms with Crippen LogP contribution in [0.25, 0.3) is 10.9 Å². The number of aliphatic hydroxyl groups is 1. The average molecular weight is 1290 g/mol. The van der Waals surface area contributed by atoms with Crippen LogP contribution in [0.1, 0.15) is 154 Å². The third-order valence-electron chi connectivity index (χ3n) is 18.1. The Kier molecular flexibility index (Phi) is 26.3. The first kappa shape index (κ1) is 72.8. The number of allylic oxidation sites excluding steroid dienone is 3. The van der Waals surface area contributed by atoms with E-state index in [1.807, 2.05) is 40.7 Å². The van der Waals surface area contributed by atoms with Crippen LogP contribution in [0.3, 0.4) is 0 Å². The highest BCUT2D eigenvalue weighted by atomic mass is 35.5. The van der Waals surface area contributed by atoms with Crippen LogP contribution in [0.5, 0.6) is 5.75 Å². The molecule has 22 nitrogen and oxygen atoms in total. The Morgan fingerprint density at radius 2 is 1.73 bits per heavy atom. The van der Waals surface area contributed by atoms with Crippen LogP contribution in [0.15, 0.2) is 66.4 Å². The molecule has 3 aliphatic heterocycles. The molecule has 3 aliphatic rings. The third-order valence-corrected chi connectivity index (χ3v) is 18.5. The molecule has 2 fully saturated rings. The normalized spacial score (nSPS) is 23.8. The van der Waals surface area contributed by atoms with Gasteiger partial charge in [-0.3, -0.25) is 38.5 Å². The number of esters is 3. The van der Waals surface area contributed by atoms with Gasteiger partial charge in [-0.25, -0.2) is 9.59 Å². The molecule has 0 spiro atoms. The summed E-state index contributed by atoms with van der Waals surface area (Å²) in [6.07, 6.45) is 6.17. The number of primary amides is 1. The van der Waals surface area contributed by atoms with Crippen LogP contribution in [0.4, 0.5) is 10.5 Å². The minimum absolute atomic E-state index is 0.0207. The summed E-state index contributed by atoms with van der Waals surface area (Å²) in [5.74, 6) is -5.28. The number of nitrogens with zero attached hydrogens (tertiary/aromatic N) is 3. The SMILES string of the molecule is CCC(CC)C(=O)OCCCCCC(=O)C[C@H](C(=O)N[C@@H](CCCNC(N)=O)C(=O)Cc1ccc(C(=O)N(C)[C@@H](C)C(=O)O[C@H]2CC(=O)N(C)c3cc(cc(OC)c3Cl)C/C(C)=C/C=C/[C@@H](OC)[C@]3(O)CC(=O)O[C@@H](C3)[C@@H](C)[C@@H]3O[C@@]23C)c2cccnc12)C(C)C. The van der Waals surface area contributed by atoms with Crippen LogP contribution >= 0.6 is 11.6 Å². The zero-order chi connectivity index (χ0) is 67.1. The van der Waals surface area contributed by atoms with Gasteiger partial charge in [-0.2, -0.15) is 0 Å². The quantitative estimate of drug-likeness (QED) is 0.0241. The van der Waals surface area contributed by atoms with Crippen LogP contribution in [0, 0.1) is 23.7 Å². The van der Waals surface area contributed by atoms with E-state index in [9.17, 15) is 48.3 Å². The summed E-state index contributed by atoms with van der Waals surface area (Å²) in [4.78, 5) is 130. The highest BCUT2D eigenvalue weighted by Crippen LogP contribution is 2.50. The van der Waals surface area contributed by atoms with Gasteiger partial charge in [-0.15, -0.1) is 0 Å². The van der Waals surface area contributed by atoms with Crippen LogP contribution in [-0.2, 0) is 70.1 Å². The number of halogens is 1. The number of pyridine rings is 1. The predicted molar refractivity (Wildman–Crippen MR) is 342 cm³/mol. The standard InChI is InChI=1S/C68H93ClN6O16/c1-13-44(14-2)65(83)88-30-17-15-16-22-46(76)35-49(39(3)4)62(80)73-50(24-20-29-72-66(70)84)52(77)34-45-26-27-48(47-23-19-28-71-60(45)47)63(81)74(9)42(7)64(82)90-56-36-57(78)75(10)51-32-43(33-53(86-11)59(51)69)31-40(5)21-18-25-55(87-12)68(85)37-54(89-58(79)38-68)41(6)61-67(56,8)91-61/h18-19,21,23,25-28,32-33,39,41-42,44,49-50,54-56,61,85H,13-17,20,22,24,29-31,34-38H2,1-12H3,(H,73,80)(H3,70,72,84)/b25-18+,40-21+/t41-,42+,49+,50+,54+,55-,56+,61+,67+,68-/m1/s1. The van der Waals surface area contributed by atoms with E-state index in [-0.39, 0.29) is 92.3 Å². The maximum Gasteiger partial charge on any atom is 0.328 e. The minimum atomic E-state index is -1.67. The van der Waals surface area contributed by atoms with Crippen molar-refractivity contribution in [2.75, 3.05) is 46.4 Å². The van der Waals surface area contributed by atoms with Crippen molar-refractivity contribution in [1.82, 2.24) is 20.5 Å². The molecule has 3 aromatic rings. The van der Waals surface area contributed by atoms with Crippen molar-refractivity contribution >= 4 is 81.4 Å². The molecule has 4 heterocycles. The Morgan fingerprint density at radius 1 is 1.00 bits per heavy atom. The average Bonchev–Trinajstić information content (AvgIpc) is 1.60. The van der Waals surface area contributed by atoms with E-state index >= 15 is 0 Å². The Bertz CT molecular complexity index is 3200. The number of nitrogens with two attached hydrogens (primary N) is 1. The number of nitrogens with one attached hydrogen (secondary N) is 2. The van der Waals surface area contributed by atoms with E-state index < -0.39 is 107 Å². The first-order valence-corrected chi connectivity index (χ1v) is 32.0. The first-order chi connectivity index (χ1) is 43.1. The number of amides is 5. The number of benzene rings is 2. The number of ketones is 2. The summed E-state index contributed by atoms with van der Waals surface area (Å²) in [7, 11) is 5.88. The molecule has 2 aromatic carbocycles. The van der Waals surface area contributed by atoms with Crippen molar-refractivity contribution < 1.29 is 76.7 Å². The lowest BCUT2D eigenvalue weighted by molar-refractivity contribution is -0.187. The van der Waals surface area contributed by atoms with Crippen LogP contribution in [0.2, 0.25) is 5.02 Å². The number of carbonyl (C=O) groups is 9. The van der Waals surface area contributed by atoms with Crippen molar-refractivity contribution in [2.45, 2.75) is 193 Å². The predicted octanol–water partition coefficient (Wildman–Crippen LogP) is 8.44. The maximum atomic E-state index is 14.7. The van der Waals surface area contributed by atoms with Crippen molar-refractivity contribution in [1.29, 1.82) is 0 Å². The van der Waals surface area contributed by atoms with E-state index in [1.165, 1.54) is 50.3 Å². The number of anilines is 1. The zero-order valence-corrected chi connectivity index (χ0v) is 55.5. The van der Waals surface area contributed by atoms with Gasteiger partial charge in [0.25, 0.3) is 5.91 Å². The van der Waals surface area contributed by atoms with Crippen molar-refractivity contribution in [3.63, 3.8) is 0 Å². The van der Waals surface area contributed by atoms with Crippen molar-refractivity contribution in [3.05, 3.63) is 88.1 Å². The number of unbranched alkanes of at least 4 members (excludes halogenated alkanes) is 2. The van der Waals surface area contributed by atoms with Gasteiger partial charge < -0.3 is 59.7 Å². The number of Topliss-reactive ketones (excluding diaryl/α,β-unsaturated/α-hetero) is 2. The van der Waals surface area contributed by atoms with E-state index in [0.717, 1.165) is 11.1 Å². The Morgan fingerprint density at radius 3 is 2.40 bits per heavy atom. The van der Waals surface area contributed by atoms with Gasteiger partial charge in [-0.1, -0.05) is 82.2 Å². The summed E-state index contributed by atoms with van der Waals surface area (Å²) in [6, 6.07) is 6.85. The molecule has 0 radical (unpaired) electrons. The van der Waals surface area contributed by atoms with Gasteiger partial charge in [-0.05, 0) is 113 Å². The van der Waals surface area contributed by atoms with Gasteiger partial charge in [0.15, 0.2) is 5.78 Å². The number of urea groups is 1. The topological polar surface area (TPSA) is 302 Å². The second kappa shape index (κ2) is 32.8. The number of aromatic nitrogens is 1. The lowest BCUT2D eigenvalue weighted by Gasteiger charge is -2.41. The number of ether oxygens (including phenoxy) is 6. The molecule has 4 bridgehead atoms. The first-order valence-electron chi connectivity index (χ1n) is 31.6. The molecule has 91 heavy (non-hydrogen) atoms. The highest BCUT2D eigenvalue weighted by Gasteiger charge is 2.64. The van der Waals surface area contributed by atoms with Gasteiger partial charge in [0, 0.05) is 82.4 Å². The second-order valence-corrected chi connectivity index (χ2v) is 25.4. The summed E-state index contributed by atoms with van der Waals surface area (Å²) < 4.78 is 35.4. The number of hydrogen-bond donors (Lipinski definition) is 4. The molecular formula is C68H93ClN6O16. The fourth-order valence-electron chi connectivity index (χ4n) is 12.1. The fourth-order valence-corrected chi connectivity index (χ4v) is 12.4. The molecule has 0 saturated carbocycles. The third kappa shape index (κ3) is 18.7. The van der Waals surface area contributed by atoms with E-state index in [0.29, 0.717) is 66.4 Å². The number of rotatable bonds is 27. The molecule has 5 amide bonds. The van der Waals surface area contributed by atoms with Crippen LogP contribution < -0.4 is 26.0 Å². The lowest BCUT2D eigenvalue weighted by Crippen LogP contribution is -2.53. The molecule has 498 valence electrons. The molecule has 0 aliphatic carbocycles. The van der Waals surface area contributed by atoms with Crippen molar-refractivity contribution in [3.8, 4) is 5.75 Å². The number of methoxy groups -OCH3 is 2. The molecule has 6 rings (SSSR count). The molecule has 10 atom stereocenters. The molecular weight excluding hydrogens is 1190 g/mol. The Balaban J connectivity index is 1.21. The monoisotopic (exact) mass is 1280 g/mol. The Labute approximate surface area is 539 Å².